The quantitative estimate of drug-likeness (QED) is 0.615. The van der Waals surface area contributed by atoms with Crippen molar-refractivity contribution in [3.63, 3.8) is 0 Å². The first-order valence-electron chi connectivity index (χ1n) is 6.01. The molecule has 2 heteroatoms. The number of fused-ring (bicyclic) bond motifs is 1. The van der Waals surface area contributed by atoms with Crippen molar-refractivity contribution in [2.75, 3.05) is 7.11 Å². The third-order valence-electron chi connectivity index (χ3n) is 3.25. The normalized spacial score (nSPS) is 11.8. The van der Waals surface area contributed by atoms with Gasteiger partial charge in [-0.25, -0.2) is 0 Å². The van der Waals surface area contributed by atoms with Crippen LogP contribution >= 0.6 is 7.53 Å². The summed E-state index contributed by atoms with van der Waals surface area (Å²) in [6.45, 7) is 2.19. The van der Waals surface area contributed by atoms with E-state index in [4.69, 9.17) is 4.74 Å². The lowest BCUT2D eigenvalue weighted by Crippen LogP contribution is -1.80. The average molecular weight is 254 g/mol. The van der Waals surface area contributed by atoms with E-state index in [1.807, 2.05) is 6.07 Å². The maximum atomic E-state index is 5.35. The van der Waals surface area contributed by atoms with Crippen molar-refractivity contribution >= 4 is 18.0 Å². The maximum absolute atomic E-state index is 5.35. The van der Waals surface area contributed by atoms with E-state index in [0.717, 1.165) is 5.75 Å². The third kappa shape index (κ3) is 1.81. The SMILES string of the molecule is COc1ccc2c(C)cp(-c3ccccc3)c2c1. The summed E-state index contributed by atoms with van der Waals surface area (Å²) in [6, 6.07) is 17.1. The first kappa shape index (κ1) is 11.4. The van der Waals surface area contributed by atoms with Crippen molar-refractivity contribution in [3.05, 3.63) is 59.9 Å². The van der Waals surface area contributed by atoms with Gasteiger partial charge in [-0.1, -0.05) is 43.9 Å². The molecule has 2 aromatic carbocycles. The largest absolute Gasteiger partial charge is 0.497 e. The van der Waals surface area contributed by atoms with Gasteiger partial charge in [0.25, 0.3) is 0 Å². The van der Waals surface area contributed by atoms with Gasteiger partial charge in [0.15, 0.2) is 0 Å². The molecule has 18 heavy (non-hydrogen) atoms. The molecule has 0 amide bonds. The van der Waals surface area contributed by atoms with Crippen LogP contribution in [0.2, 0.25) is 0 Å². The zero-order chi connectivity index (χ0) is 12.5. The lowest BCUT2D eigenvalue weighted by Gasteiger charge is -2.03. The molecule has 0 spiro atoms. The predicted molar refractivity (Wildman–Crippen MR) is 79.3 cm³/mol. The Morgan fingerprint density at radius 3 is 2.50 bits per heavy atom. The summed E-state index contributed by atoms with van der Waals surface area (Å²) in [5.74, 6) is 3.34. The van der Waals surface area contributed by atoms with E-state index in [1.54, 1.807) is 7.11 Å². The predicted octanol–water partition coefficient (Wildman–Crippen LogP) is 5.13. The minimum Gasteiger partial charge on any atom is -0.497 e. The zero-order valence-corrected chi connectivity index (χ0v) is 11.4. The minimum atomic E-state index is -0.359. The second-order valence-electron chi connectivity index (χ2n) is 4.40. The van der Waals surface area contributed by atoms with Crippen molar-refractivity contribution < 1.29 is 4.74 Å². The van der Waals surface area contributed by atoms with Crippen LogP contribution in [0.4, 0.5) is 0 Å². The van der Waals surface area contributed by atoms with E-state index in [2.05, 4.69) is 55.2 Å². The Hall–Kier alpha value is -1.72. The number of ether oxygens (including phenoxy) is 1. The van der Waals surface area contributed by atoms with Gasteiger partial charge in [-0.3, -0.25) is 0 Å². The molecule has 90 valence electrons. The fraction of sp³-hybridized carbons (Fsp3) is 0.125. The first-order chi connectivity index (χ1) is 8.79. The van der Waals surface area contributed by atoms with E-state index in [9.17, 15) is 0 Å². The van der Waals surface area contributed by atoms with Gasteiger partial charge in [0, 0.05) is 5.12 Å². The van der Waals surface area contributed by atoms with Gasteiger partial charge in [0.1, 0.15) is 5.75 Å². The number of aryl methyl sites for hydroxylation is 1. The van der Waals surface area contributed by atoms with Crippen LogP contribution in [0.3, 0.4) is 0 Å². The molecular formula is C16H15OP. The fourth-order valence-corrected chi connectivity index (χ4v) is 4.67. The van der Waals surface area contributed by atoms with Crippen LogP contribution < -0.4 is 4.74 Å². The van der Waals surface area contributed by atoms with E-state index < -0.39 is 0 Å². The zero-order valence-electron chi connectivity index (χ0n) is 10.6. The first-order valence-corrected chi connectivity index (χ1v) is 7.42. The summed E-state index contributed by atoms with van der Waals surface area (Å²) in [6.07, 6.45) is 0. The average Bonchev–Trinajstić information content (AvgIpc) is 2.76. The van der Waals surface area contributed by atoms with Crippen molar-refractivity contribution in [1.29, 1.82) is 0 Å². The van der Waals surface area contributed by atoms with E-state index >= 15 is 0 Å². The topological polar surface area (TPSA) is 9.23 Å². The molecule has 0 saturated heterocycles. The van der Waals surface area contributed by atoms with Crippen molar-refractivity contribution in [2.45, 2.75) is 6.92 Å². The molecule has 1 atom stereocenters. The summed E-state index contributed by atoms with van der Waals surface area (Å²) in [7, 11) is 1.36. The summed E-state index contributed by atoms with van der Waals surface area (Å²) >= 11 is 0. The van der Waals surface area contributed by atoms with Crippen LogP contribution in [0.15, 0.2) is 54.3 Å². The Balaban J connectivity index is 2.29. The highest BCUT2D eigenvalue weighted by molar-refractivity contribution is 7.62. The van der Waals surface area contributed by atoms with E-state index in [0.29, 0.717) is 0 Å². The molecule has 0 N–H and O–H groups in total. The van der Waals surface area contributed by atoms with Crippen LogP contribution in [0.5, 0.6) is 5.75 Å². The van der Waals surface area contributed by atoms with E-state index in [1.165, 1.54) is 21.4 Å². The van der Waals surface area contributed by atoms with Crippen molar-refractivity contribution in [1.82, 2.24) is 0 Å². The summed E-state index contributed by atoms with van der Waals surface area (Å²) in [5, 5.41) is 4.18. The lowest BCUT2D eigenvalue weighted by molar-refractivity contribution is 0.415. The molecule has 0 aliphatic rings. The van der Waals surface area contributed by atoms with Crippen molar-refractivity contribution in [3.8, 4) is 11.1 Å². The van der Waals surface area contributed by atoms with Crippen molar-refractivity contribution in [2.24, 2.45) is 0 Å². The molecule has 0 bridgehead atoms. The molecule has 1 heterocycles. The highest BCUT2D eigenvalue weighted by atomic mass is 31.1. The molecule has 0 aliphatic heterocycles. The Labute approximate surface area is 108 Å². The molecule has 0 radical (unpaired) electrons. The van der Waals surface area contributed by atoms with Crippen LogP contribution in [-0.4, -0.2) is 7.11 Å². The van der Waals surface area contributed by atoms with Gasteiger partial charge >= 0.3 is 0 Å². The number of rotatable bonds is 2. The lowest BCUT2D eigenvalue weighted by atomic mass is 10.2. The molecular weight excluding hydrogens is 239 g/mol. The Bertz CT molecular complexity index is 683. The maximum Gasteiger partial charge on any atom is 0.119 e. The Morgan fingerprint density at radius 1 is 1.00 bits per heavy atom. The van der Waals surface area contributed by atoms with Crippen LogP contribution in [0.25, 0.3) is 15.8 Å². The molecule has 0 saturated carbocycles. The second kappa shape index (κ2) is 4.51. The Kier molecular flexibility index (Phi) is 2.85. The van der Waals surface area contributed by atoms with Gasteiger partial charge in [-0.05, 0) is 41.1 Å². The standard InChI is InChI=1S/C16H15OP/c1-12-11-18(14-6-4-3-5-7-14)16-10-13(17-2)8-9-15(12)16/h3-11H,1-2H3. The van der Waals surface area contributed by atoms with Crippen LogP contribution in [0, 0.1) is 6.92 Å². The number of hydrogen-bond donors (Lipinski definition) is 0. The van der Waals surface area contributed by atoms with E-state index in [-0.39, 0.29) is 7.53 Å². The van der Waals surface area contributed by atoms with Gasteiger partial charge < -0.3 is 4.74 Å². The van der Waals surface area contributed by atoms with Crippen LogP contribution in [-0.2, 0) is 0 Å². The van der Waals surface area contributed by atoms with Gasteiger partial charge in [-0.2, -0.15) is 0 Å². The van der Waals surface area contributed by atoms with Crippen LogP contribution in [0.1, 0.15) is 5.56 Å². The third-order valence-corrected chi connectivity index (χ3v) is 5.64. The molecule has 0 aliphatic carbocycles. The highest BCUT2D eigenvalue weighted by Crippen LogP contribution is 2.49. The molecule has 3 aromatic rings. The highest BCUT2D eigenvalue weighted by Gasteiger charge is 2.08. The minimum absolute atomic E-state index is 0.359. The van der Waals surface area contributed by atoms with Gasteiger partial charge in [0.05, 0.1) is 7.11 Å². The smallest absolute Gasteiger partial charge is 0.119 e. The number of benzene rings is 2. The second-order valence-corrected chi connectivity index (χ2v) is 6.40. The molecule has 1 nitrogen and oxygen atoms in total. The number of methoxy groups -OCH3 is 1. The van der Waals surface area contributed by atoms with Gasteiger partial charge in [0.2, 0.25) is 0 Å². The van der Waals surface area contributed by atoms with Gasteiger partial charge in [-0.15, -0.1) is 0 Å². The molecule has 1 unspecified atom stereocenters. The summed E-state index contributed by atoms with van der Waals surface area (Å²) in [4.78, 5) is 0. The molecule has 3 rings (SSSR count). The fourth-order valence-electron chi connectivity index (χ4n) is 2.31. The molecule has 1 aromatic heterocycles. The molecule has 0 fully saturated rings. The monoisotopic (exact) mass is 254 g/mol. The summed E-state index contributed by atoms with van der Waals surface area (Å²) < 4.78 is 5.35. The summed E-state index contributed by atoms with van der Waals surface area (Å²) in [5.41, 5.74) is 1.38. The Morgan fingerprint density at radius 2 is 1.78 bits per heavy atom. The number of hydrogen-bond acceptors (Lipinski definition) is 1.